The minimum absolute atomic E-state index is 0.0805. The van der Waals surface area contributed by atoms with Crippen LogP contribution in [0.1, 0.15) is 27.9 Å². The second-order valence-electron chi connectivity index (χ2n) is 6.21. The molecular formula is C22H21NO3. The van der Waals surface area contributed by atoms with Crippen molar-refractivity contribution >= 4 is 28.3 Å². The number of hydrogen-bond donors (Lipinski definition) is 1. The number of aryl methyl sites for hydroxylation is 2. The first-order valence-electron chi connectivity index (χ1n) is 8.54. The second kappa shape index (κ2) is 7.83. The standard InChI is InChI=1S/C22H21NO3/c1-15-10-11-18(22(25)26-2)14-20(15)23-21(24)13-12-17-8-5-7-16-6-3-4-9-19(16)17/h3-11,14H,12-13H2,1-2H3,(H,23,24). The Hall–Kier alpha value is -3.14. The molecule has 0 spiro atoms. The molecule has 26 heavy (non-hydrogen) atoms. The second-order valence-corrected chi connectivity index (χ2v) is 6.21. The minimum Gasteiger partial charge on any atom is -0.465 e. The molecule has 0 saturated heterocycles. The van der Waals surface area contributed by atoms with Crippen molar-refractivity contribution < 1.29 is 14.3 Å². The highest BCUT2D eigenvalue weighted by Crippen LogP contribution is 2.21. The monoisotopic (exact) mass is 347 g/mol. The number of anilines is 1. The lowest BCUT2D eigenvalue weighted by atomic mass is 10.0. The maximum atomic E-state index is 12.4. The van der Waals surface area contributed by atoms with Gasteiger partial charge in [0.05, 0.1) is 12.7 Å². The molecule has 0 atom stereocenters. The molecule has 0 unspecified atom stereocenters. The molecular weight excluding hydrogens is 326 g/mol. The average Bonchev–Trinajstić information content (AvgIpc) is 2.67. The fraction of sp³-hybridized carbons (Fsp3) is 0.182. The molecule has 0 fully saturated rings. The summed E-state index contributed by atoms with van der Waals surface area (Å²) in [6, 6.07) is 19.4. The Morgan fingerprint density at radius 1 is 1.00 bits per heavy atom. The van der Waals surface area contributed by atoms with Gasteiger partial charge < -0.3 is 10.1 Å². The number of ether oxygens (including phenoxy) is 1. The van der Waals surface area contributed by atoms with E-state index >= 15 is 0 Å². The molecule has 0 heterocycles. The van der Waals surface area contributed by atoms with Crippen molar-refractivity contribution in [2.24, 2.45) is 0 Å². The third-order valence-corrected chi connectivity index (χ3v) is 4.43. The van der Waals surface area contributed by atoms with Crippen molar-refractivity contribution in [3.8, 4) is 0 Å². The largest absolute Gasteiger partial charge is 0.465 e. The van der Waals surface area contributed by atoms with Crippen LogP contribution in [-0.2, 0) is 16.0 Å². The van der Waals surface area contributed by atoms with Gasteiger partial charge in [0.2, 0.25) is 5.91 Å². The maximum Gasteiger partial charge on any atom is 0.337 e. The first-order valence-corrected chi connectivity index (χ1v) is 8.54. The van der Waals surface area contributed by atoms with Crippen LogP contribution in [0.15, 0.2) is 60.7 Å². The smallest absolute Gasteiger partial charge is 0.337 e. The van der Waals surface area contributed by atoms with Gasteiger partial charge in [-0.1, -0.05) is 48.5 Å². The highest BCUT2D eigenvalue weighted by atomic mass is 16.5. The van der Waals surface area contributed by atoms with Crippen LogP contribution in [0.25, 0.3) is 10.8 Å². The number of esters is 1. The van der Waals surface area contributed by atoms with Crippen molar-refractivity contribution in [3.63, 3.8) is 0 Å². The van der Waals surface area contributed by atoms with Gasteiger partial charge in [0.25, 0.3) is 0 Å². The summed E-state index contributed by atoms with van der Waals surface area (Å²) in [5.74, 6) is -0.501. The third kappa shape index (κ3) is 3.91. The van der Waals surface area contributed by atoms with Gasteiger partial charge in [-0.15, -0.1) is 0 Å². The number of carbonyl (C=O) groups excluding carboxylic acids is 2. The topological polar surface area (TPSA) is 55.4 Å². The van der Waals surface area contributed by atoms with Crippen LogP contribution in [0.2, 0.25) is 0 Å². The molecule has 4 heteroatoms. The first-order chi connectivity index (χ1) is 12.6. The highest BCUT2D eigenvalue weighted by Gasteiger charge is 2.11. The van der Waals surface area contributed by atoms with E-state index in [2.05, 4.69) is 29.6 Å². The van der Waals surface area contributed by atoms with E-state index in [1.54, 1.807) is 18.2 Å². The molecule has 0 aliphatic heterocycles. The number of nitrogens with one attached hydrogen (secondary N) is 1. The molecule has 1 N–H and O–H groups in total. The lowest BCUT2D eigenvalue weighted by molar-refractivity contribution is -0.116. The Labute approximate surface area is 152 Å². The summed E-state index contributed by atoms with van der Waals surface area (Å²) in [5, 5.41) is 5.25. The summed E-state index contributed by atoms with van der Waals surface area (Å²) >= 11 is 0. The Bertz CT molecular complexity index is 957. The van der Waals surface area contributed by atoms with E-state index in [1.165, 1.54) is 17.9 Å². The average molecular weight is 347 g/mol. The number of methoxy groups -OCH3 is 1. The zero-order chi connectivity index (χ0) is 18.5. The molecule has 0 aliphatic rings. The molecule has 0 radical (unpaired) electrons. The fourth-order valence-electron chi connectivity index (χ4n) is 2.97. The highest BCUT2D eigenvalue weighted by molar-refractivity contribution is 5.95. The Balaban J connectivity index is 1.70. The molecule has 0 saturated carbocycles. The summed E-state index contributed by atoms with van der Waals surface area (Å²) in [6.45, 7) is 1.89. The van der Waals surface area contributed by atoms with Gasteiger partial charge in [0, 0.05) is 12.1 Å². The van der Waals surface area contributed by atoms with Crippen molar-refractivity contribution in [1.82, 2.24) is 0 Å². The SMILES string of the molecule is COC(=O)c1ccc(C)c(NC(=O)CCc2cccc3ccccc23)c1. The van der Waals surface area contributed by atoms with E-state index in [0.717, 1.165) is 11.1 Å². The van der Waals surface area contributed by atoms with Crippen molar-refractivity contribution in [2.75, 3.05) is 12.4 Å². The summed E-state index contributed by atoms with van der Waals surface area (Å²) in [6.07, 6.45) is 1.03. The molecule has 0 bridgehead atoms. The zero-order valence-corrected chi connectivity index (χ0v) is 14.9. The molecule has 3 aromatic rings. The quantitative estimate of drug-likeness (QED) is 0.691. The molecule has 4 nitrogen and oxygen atoms in total. The number of carbonyl (C=O) groups is 2. The van der Waals surface area contributed by atoms with Gasteiger partial charge in [0.1, 0.15) is 0 Å². The predicted molar refractivity (Wildman–Crippen MR) is 103 cm³/mol. The number of benzene rings is 3. The van der Waals surface area contributed by atoms with E-state index in [0.29, 0.717) is 24.1 Å². The predicted octanol–water partition coefficient (Wildman–Crippen LogP) is 4.51. The van der Waals surface area contributed by atoms with Crippen LogP contribution < -0.4 is 5.32 Å². The fourth-order valence-corrected chi connectivity index (χ4v) is 2.97. The number of amides is 1. The lowest BCUT2D eigenvalue weighted by Gasteiger charge is -2.11. The molecule has 132 valence electrons. The van der Waals surface area contributed by atoms with E-state index in [9.17, 15) is 9.59 Å². The first kappa shape index (κ1) is 17.7. The van der Waals surface area contributed by atoms with E-state index in [4.69, 9.17) is 4.74 Å². The van der Waals surface area contributed by atoms with E-state index in [1.807, 2.05) is 25.1 Å². The third-order valence-electron chi connectivity index (χ3n) is 4.43. The van der Waals surface area contributed by atoms with Gasteiger partial charge in [-0.2, -0.15) is 0 Å². The van der Waals surface area contributed by atoms with Gasteiger partial charge in [-0.3, -0.25) is 4.79 Å². The molecule has 0 aromatic heterocycles. The van der Waals surface area contributed by atoms with Crippen LogP contribution in [0.4, 0.5) is 5.69 Å². The lowest BCUT2D eigenvalue weighted by Crippen LogP contribution is -2.14. The van der Waals surface area contributed by atoms with Crippen LogP contribution >= 0.6 is 0 Å². The molecule has 3 rings (SSSR count). The molecule has 0 aliphatic carbocycles. The van der Waals surface area contributed by atoms with Crippen molar-refractivity contribution in [1.29, 1.82) is 0 Å². The van der Waals surface area contributed by atoms with Crippen molar-refractivity contribution in [2.45, 2.75) is 19.8 Å². The van der Waals surface area contributed by atoms with E-state index in [-0.39, 0.29) is 5.91 Å². The van der Waals surface area contributed by atoms with Crippen LogP contribution in [0.3, 0.4) is 0 Å². The van der Waals surface area contributed by atoms with Gasteiger partial charge in [-0.05, 0) is 47.4 Å². The summed E-state index contributed by atoms with van der Waals surface area (Å²) in [4.78, 5) is 24.1. The van der Waals surface area contributed by atoms with Crippen LogP contribution in [0, 0.1) is 6.92 Å². The van der Waals surface area contributed by atoms with Crippen LogP contribution in [0.5, 0.6) is 0 Å². The van der Waals surface area contributed by atoms with Gasteiger partial charge in [0.15, 0.2) is 0 Å². The van der Waals surface area contributed by atoms with E-state index < -0.39 is 5.97 Å². The maximum absolute atomic E-state index is 12.4. The number of fused-ring (bicyclic) bond motifs is 1. The summed E-state index contributed by atoms with van der Waals surface area (Å²) < 4.78 is 4.73. The zero-order valence-electron chi connectivity index (χ0n) is 14.9. The van der Waals surface area contributed by atoms with Crippen molar-refractivity contribution in [3.05, 3.63) is 77.4 Å². The summed E-state index contributed by atoms with van der Waals surface area (Å²) in [5.41, 5.74) is 3.10. The summed E-state index contributed by atoms with van der Waals surface area (Å²) in [7, 11) is 1.34. The number of rotatable bonds is 5. The van der Waals surface area contributed by atoms with Crippen LogP contribution in [-0.4, -0.2) is 19.0 Å². The minimum atomic E-state index is -0.420. The Kier molecular flexibility index (Phi) is 5.32. The molecule has 3 aromatic carbocycles. The Morgan fingerprint density at radius 3 is 2.58 bits per heavy atom. The number of hydrogen-bond acceptors (Lipinski definition) is 3. The molecule has 1 amide bonds. The van der Waals surface area contributed by atoms with Gasteiger partial charge in [-0.25, -0.2) is 4.79 Å². The normalized spacial score (nSPS) is 10.5. The van der Waals surface area contributed by atoms with Gasteiger partial charge >= 0.3 is 5.97 Å². The Morgan fingerprint density at radius 2 is 1.77 bits per heavy atom.